The summed E-state index contributed by atoms with van der Waals surface area (Å²) in [5, 5.41) is 0. The number of hydrogen-bond acceptors (Lipinski definition) is 5. The average molecular weight is 388 g/mol. The first-order valence-corrected chi connectivity index (χ1v) is 9.27. The van der Waals surface area contributed by atoms with Gasteiger partial charge in [-0.15, -0.1) is 0 Å². The van der Waals surface area contributed by atoms with Gasteiger partial charge in [0.25, 0.3) is 0 Å². The van der Waals surface area contributed by atoms with Gasteiger partial charge in [-0.1, -0.05) is 36.4 Å². The molecule has 5 nitrogen and oxygen atoms in total. The van der Waals surface area contributed by atoms with E-state index in [0.717, 1.165) is 16.7 Å². The number of nitrogens with two attached hydrogens (primary N) is 1. The van der Waals surface area contributed by atoms with E-state index >= 15 is 0 Å². The molecule has 0 saturated heterocycles. The van der Waals surface area contributed by atoms with Crippen LogP contribution in [0.15, 0.2) is 77.0 Å². The van der Waals surface area contributed by atoms with E-state index in [2.05, 4.69) is 4.98 Å². The number of aliphatic imine (C=N–C) groups is 2. The molecule has 6 heteroatoms. The Kier molecular flexibility index (Phi) is 4.84. The zero-order valence-electron chi connectivity index (χ0n) is 16.3. The van der Waals surface area contributed by atoms with Crippen molar-refractivity contribution in [2.45, 2.75) is 19.0 Å². The largest absolute Gasteiger partial charge is 0.494 e. The molecule has 1 aromatic heterocycles. The SMILES string of the molecule is COc1cccc(-c2cccc([C@@]3(Cc4cccnc4)N=C(C)C(N)=N3)c2)c1F. The fourth-order valence-corrected chi connectivity index (χ4v) is 3.56. The van der Waals surface area contributed by atoms with Gasteiger partial charge in [0, 0.05) is 29.9 Å². The highest BCUT2D eigenvalue weighted by Crippen LogP contribution is 2.38. The van der Waals surface area contributed by atoms with E-state index in [-0.39, 0.29) is 5.75 Å². The third-order valence-corrected chi connectivity index (χ3v) is 5.02. The molecule has 2 N–H and O–H groups in total. The van der Waals surface area contributed by atoms with Crippen molar-refractivity contribution in [3.05, 3.63) is 83.9 Å². The molecular formula is C23H21FN4O. The third-order valence-electron chi connectivity index (χ3n) is 5.02. The lowest BCUT2D eigenvalue weighted by Crippen LogP contribution is -2.23. The maximum atomic E-state index is 14.8. The molecule has 3 aromatic rings. The van der Waals surface area contributed by atoms with Gasteiger partial charge in [0.15, 0.2) is 17.2 Å². The molecule has 0 bridgehead atoms. The maximum Gasteiger partial charge on any atom is 0.182 e. The van der Waals surface area contributed by atoms with Crippen LogP contribution in [-0.4, -0.2) is 23.6 Å². The predicted molar refractivity (Wildman–Crippen MR) is 113 cm³/mol. The Morgan fingerprint density at radius 2 is 1.90 bits per heavy atom. The molecule has 1 aliphatic rings. The molecule has 2 aromatic carbocycles. The molecule has 0 saturated carbocycles. The van der Waals surface area contributed by atoms with Crippen molar-refractivity contribution in [1.82, 2.24) is 4.98 Å². The van der Waals surface area contributed by atoms with Gasteiger partial charge in [-0.25, -0.2) is 9.38 Å². The van der Waals surface area contributed by atoms with E-state index < -0.39 is 11.5 Å². The van der Waals surface area contributed by atoms with E-state index in [9.17, 15) is 4.39 Å². The molecule has 2 heterocycles. The number of methoxy groups -OCH3 is 1. The summed E-state index contributed by atoms with van der Waals surface area (Å²) < 4.78 is 19.9. The second-order valence-electron chi connectivity index (χ2n) is 6.95. The van der Waals surface area contributed by atoms with E-state index in [1.54, 1.807) is 30.6 Å². The first kappa shape index (κ1) is 18.8. The van der Waals surface area contributed by atoms with Crippen molar-refractivity contribution in [1.29, 1.82) is 0 Å². The van der Waals surface area contributed by atoms with Crippen LogP contribution in [0.5, 0.6) is 5.75 Å². The number of nitrogens with zero attached hydrogens (tertiary/aromatic N) is 3. The van der Waals surface area contributed by atoms with Crippen LogP contribution in [0, 0.1) is 5.82 Å². The van der Waals surface area contributed by atoms with Gasteiger partial charge in [0.1, 0.15) is 5.84 Å². The Bertz CT molecular complexity index is 1090. The highest BCUT2D eigenvalue weighted by molar-refractivity contribution is 6.41. The molecule has 29 heavy (non-hydrogen) atoms. The van der Waals surface area contributed by atoms with Crippen molar-refractivity contribution in [3.8, 4) is 16.9 Å². The quantitative estimate of drug-likeness (QED) is 0.714. The monoisotopic (exact) mass is 388 g/mol. The summed E-state index contributed by atoms with van der Waals surface area (Å²) in [5.41, 5.74) is 8.87. The number of halogens is 1. The third kappa shape index (κ3) is 3.49. The second-order valence-corrected chi connectivity index (χ2v) is 6.95. The number of benzene rings is 2. The molecule has 4 rings (SSSR count). The van der Waals surface area contributed by atoms with Crippen LogP contribution in [0.3, 0.4) is 0 Å². The van der Waals surface area contributed by atoms with Crippen molar-refractivity contribution in [2.24, 2.45) is 15.7 Å². The Balaban J connectivity index is 1.83. The summed E-state index contributed by atoms with van der Waals surface area (Å²) in [5.74, 6) is 0.212. The van der Waals surface area contributed by atoms with Crippen molar-refractivity contribution in [2.75, 3.05) is 7.11 Å². The summed E-state index contributed by atoms with van der Waals surface area (Å²) in [7, 11) is 1.45. The number of hydrogen-bond donors (Lipinski definition) is 1. The lowest BCUT2D eigenvalue weighted by Gasteiger charge is -2.24. The number of aromatic nitrogens is 1. The van der Waals surface area contributed by atoms with Gasteiger partial charge in [0.05, 0.1) is 12.8 Å². The second kappa shape index (κ2) is 7.47. The lowest BCUT2D eigenvalue weighted by molar-refractivity contribution is 0.387. The van der Waals surface area contributed by atoms with Crippen molar-refractivity contribution in [3.63, 3.8) is 0 Å². The maximum absolute atomic E-state index is 14.8. The molecule has 1 aliphatic heterocycles. The average Bonchev–Trinajstić information content (AvgIpc) is 3.03. The molecule has 0 radical (unpaired) electrons. The topological polar surface area (TPSA) is 72.9 Å². The Morgan fingerprint density at radius 3 is 2.59 bits per heavy atom. The molecule has 0 fully saturated rings. The predicted octanol–water partition coefficient (Wildman–Crippen LogP) is 4.12. The van der Waals surface area contributed by atoms with Gasteiger partial charge in [-0.3, -0.25) is 9.98 Å². The van der Waals surface area contributed by atoms with Gasteiger partial charge in [0.2, 0.25) is 0 Å². The highest BCUT2D eigenvalue weighted by Gasteiger charge is 2.36. The zero-order valence-corrected chi connectivity index (χ0v) is 16.3. The first-order chi connectivity index (χ1) is 14.0. The smallest absolute Gasteiger partial charge is 0.182 e. The standard InChI is InChI=1S/C23H21FN4O/c1-15-22(25)28-23(27-15,13-16-6-5-11-26-14-16)18-8-3-7-17(12-18)19-9-4-10-20(29-2)21(19)24/h3-12,14H,13H2,1-2H3,(H2,25,28)/t23-/m0/s1. The van der Waals surface area contributed by atoms with Crippen LogP contribution in [0.2, 0.25) is 0 Å². The van der Waals surface area contributed by atoms with Gasteiger partial charge in [-0.05, 0) is 36.2 Å². The van der Waals surface area contributed by atoms with E-state index in [0.29, 0.717) is 23.5 Å². The van der Waals surface area contributed by atoms with Crippen LogP contribution >= 0.6 is 0 Å². The minimum Gasteiger partial charge on any atom is -0.494 e. The van der Waals surface area contributed by atoms with Gasteiger partial charge >= 0.3 is 0 Å². The molecule has 0 aliphatic carbocycles. The Labute approximate surface area is 168 Å². The molecule has 0 amide bonds. The van der Waals surface area contributed by atoms with Crippen LogP contribution in [-0.2, 0) is 12.1 Å². The summed E-state index contributed by atoms with van der Waals surface area (Å²) in [6, 6.07) is 16.5. The van der Waals surface area contributed by atoms with E-state index in [4.69, 9.17) is 20.5 Å². The fraction of sp³-hybridized carbons (Fsp3) is 0.174. The van der Waals surface area contributed by atoms with Crippen LogP contribution in [0.4, 0.5) is 4.39 Å². The summed E-state index contributed by atoms with van der Waals surface area (Å²) in [6.07, 6.45) is 4.02. The summed E-state index contributed by atoms with van der Waals surface area (Å²) in [6.45, 7) is 1.84. The van der Waals surface area contributed by atoms with E-state index in [1.165, 1.54) is 7.11 Å². The van der Waals surface area contributed by atoms with Crippen LogP contribution in [0.1, 0.15) is 18.1 Å². The normalized spacial score (nSPS) is 18.3. The van der Waals surface area contributed by atoms with Gasteiger partial charge in [-0.2, -0.15) is 0 Å². The number of ether oxygens (including phenoxy) is 1. The number of pyridine rings is 1. The van der Waals surface area contributed by atoms with Crippen molar-refractivity contribution >= 4 is 11.5 Å². The zero-order chi connectivity index (χ0) is 20.4. The fourth-order valence-electron chi connectivity index (χ4n) is 3.56. The molecular weight excluding hydrogens is 367 g/mol. The Hall–Kier alpha value is -3.54. The van der Waals surface area contributed by atoms with Crippen LogP contribution < -0.4 is 10.5 Å². The van der Waals surface area contributed by atoms with Gasteiger partial charge < -0.3 is 10.5 Å². The molecule has 0 unspecified atom stereocenters. The minimum atomic E-state index is -0.900. The first-order valence-electron chi connectivity index (χ1n) is 9.27. The molecule has 0 spiro atoms. The van der Waals surface area contributed by atoms with Crippen LogP contribution in [0.25, 0.3) is 11.1 Å². The number of rotatable bonds is 5. The molecule has 1 atom stereocenters. The Morgan fingerprint density at radius 1 is 1.07 bits per heavy atom. The summed E-state index contributed by atoms with van der Waals surface area (Å²) >= 11 is 0. The van der Waals surface area contributed by atoms with Crippen molar-refractivity contribution < 1.29 is 9.13 Å². The lowest BCUT2D eigenvalue weighted by atomic mass is 9.91. The van der Waals surface area contributed by atoms with E-state index in [1.807, 2.05) is 43.3 Å². The minimum absolute atomic E-state index is 0.204. The summed E-state index contributed by atoms with van der Waals surface area (Å²) in [4.78, 5) is 13.7. The number of amidine groups is 1. The molecule has 146 valence electrons. The highest BCUT2D eigenvalue weighted by atomic mass is 19.1.